The van der Waals surface area contributed by atoms with Crippen molar-refractivity contribution >= 4 is 32.4 Å². The predicted molar refractivity (Wildman–Crippen MR) is 95.6 cm³/mol. The highest BCUT2D eigenvalue weighted by Gasteiger charge is 2.29. The number of sulfonamides is 1. The summed E-state index contributed by atoms with van der Waals surface area (Å²) < 4.78 is 39.6. The number of carbonyl (C=O) groups is 1. The SMILES string of the molecule is Cc1nc(NC(=O)CN(C(C)C)S(=O)(=O)c2ccc(F)cc2)sc1C. The number of nitrogens with one attached hydrogen (secondary N) is 1. The van der Waals surface area contributed by atoms with Gasteiger partial charge < -0.3 is 5.32 Å². The molecule has 0 saturated heterocycles. The summed E-state index contributed by atoms with van der Waals surface area (Å²) in [6, 6.07) is 4.08. The van der Waals surface area contributed by atoms with Crippen LogP contribution >= 0.6 is 11.3 Å². The van der Waals surface area contributed by atoms with Gasteiger partial charge in [-0.15, -0.1) is 11.3 Å². The second kappa shape index (κ2) is 7.59. The molecule has 0 aliphatic rings. The van der Waals surface area contributed by atoms with Gasteiger partial charge in [0.1, 0.15) is 5.82 Å². The van der Waals surface area contributed by atoms with Crippen molar-refractivity contribution in [1.82, 2.24) is 9.29 Å². The van der Waals surface area contributed by atoms with E-state index in [1.54, 1.807) is 13.8 Å². The fourth-order valence-electron chi connectivity index (χ4n) is 2.11. The van der Waals surface area contributed by atoms with Gasteiger partial charge >= 0.3 is 0 Å². The van der Waals surface area contributed by atoms with Crippen molar-refractivity contribution in [2.75, 3.05) is 11.9 Å². The maximum atomic E-state index is 13.0. The third-order valence-corrected chi connectivity index (χ3v) is 6.59. The summed E-state index contributed by atoms with van der Waals surface area (Å²) in [6.07, 6.45) is 0. The predicted octanol–water partition coefficient (Wildman–Crippen LogP) is 2.94. The molecule has 1 aromatic heterocycles. The monoisotopic (exact) mass is 385 g/mol. The summed E-state index contributed by atoms with van der Waals surface area (Å²) in [5.41, 5.74) is 0.819. The van der Waals surface area contributed by atoms with Gasteiger partial charge in [-0.1, -0.05) is 0 Å². The minimum Gasteiger partial charge on any atom is -0.301 e. The highest BCUT2D eigenvalue weighted by Crippen LogP contribution is 2.22. The Bertz CT molecular complexity index is 842. The average molecular weight is 385 g/mol. The number of rotatable bonds is 6. The second-order valence-corrected chi connectivity index (χ2v) is 8.90. The molecular formula is C16H20FN3O3S2. The van der Waals surface area contributed by atoms with E-state index in [-0.39, 0.29) is 11.4 Å². The molecule has 0 aliphatic heterocycles. The van der Waals surface area contributed by atoms with Crippen molar-refractivity contribution in [2.45, 2.75) is 38.6 Å². The van der Waals surface area contributed by atoms with Crippen LogP contribution in [0.5, 0.6) is 0 Å². The molecule has 25 heavy (non-hydrogen) atoms. The molecule has 0 spiro atoms. The molecule has 0 fully saturated rings. The molecule has 0 saturated carbocycles. The third kappa shape index (κ3) is 4.62. The zero-order valence-electron chi connectivity index (χ0n) is 14.4. The molecule has 1 amide bonds. The fraction of sp³-hybridized carbons (Fsp3) is 0.375. The molecule has 0 unspecified atom stereocenters. The molecule has 1 heterocycles. The van der Waals surface area contributed by atoms with E-state index in [4.69, 9.17) is 0 Å². The van der Waals surface area contributed by atoms with Crippen molar-refractivity contribution in [3.05, 3.63) is 40.7 Å². The Balaban J connectivity index is 2.19. The molecule has 2 aromatic rings. The lowest BCUT2D eigenvalue weighted by atomic mass is 10.3. The normalized spacial score (nSPS) is 12.0. The van der Waals surface area contributed by atoms with Gasteiger partial charge in [0.25, 0.3) is 0 Å². The maximum absolute atomic E-state index is 13.0. The highest BCUT2D eigenvalue weighted by molar-refractivity contribution is 7.89. The topological polar surface area (TPSA) is 79.4 Å². The number of hydrogen-bond donors (Lipinski definition) is 1. The van der Waals surface area contributed by atoms with Crippen LogP contribution in [0.3, 0.4) is 0 Å². The van der Waals surface area contributed by atoms with Gasteiger partial charge in [0.2, 0.25) is 15.9 Å². The summed E-state index contributed by atoms with van der Waals surface area (Å²) in [5, 5.41) is 3.06. The van der Waals surface area contributed by atoms with Crippen molar-refractivity contribution in [3.8, 4) is 0 Å². The van der Waals surface area contributed by atoms with E-state index in [1.165, 1.54) is 23.5 Å². The lowest BCUT2D eigenvalue weighted by molar-refractivity contribution is -0.116. The van der Waals surface area contributed by atoms with E-state index >= 15 is 0 Å². The van der Waals surface area contributed by atoms with Crippen molar-refractivity contribution < 1.29 is 17.6 Å². The number of halogens is 1. The molecule has 6 nitrogen and oxygen atoms in total. The van der Waals surface area contributed by atoms with Gasteiger partial charge in [-0.05, 0) is 52.0 Å². The van der Waals surface area contributed by atoms with Crippen molar-refractivity contribution in [1.29, 1.82) is 0 Å². The summed E-state index contributed by atoms with van der Waals surface area (Å²) in [4.78, 5) is 17.4. The van der Waals surface area contributed by atoms with Gasteiger partial charge in [0.05, 0.1) is 17.1 Å². The van der Waals surface area contributed by atoms with Crippen molar-refractivity contribution in [3.63, 3.8) is 0 Å². The molecule has 0 atom stereocenters. The molecule has 9 heteroatoms. The highest BCUT2D eigenvalue weighted by atomic mass is 32.2. The first-order valence-electron chi connectivity index (χ1n) is 7.62. The number of hydrogen-bond acceptors (Lipinski definition) is 5. The van der Waals surface area contributed by atoms with E-state index in [0.717, 1.165) is 27.0 Å². The largest absolute Gasteiger partial charge is 0.301 e. The van der Waals surface area contributed by atoms with Crippen LogP contribution in [0.2, 0.25) is 0 Å². The van der Waals surface area contributed by atoms with Crippen LogP contribution < -0.4 is 5.32 Å². The Hall–Kier alpha value is -1.84. The van der Waals surface area contributed by atoms with Gasteiger partial charge in [0.15, 0.2) is 5.13 Å². The first kappa shape index (κ1) is 19.5. The Morgan fingerprint density at radius 1 is 1.28 bits per heavy atom. The number of aryl methyl sites for hydroxylation is 2. The minimum absolute atomic E-state index is 0.0589. The van der Waals surface area contributed by atoms with E-state index in [1.807, 2.05) is 13.8 Å². The molecule has 136 valence electrons. The van der Waals surface area contributed by atoms with Crippen LogP contribution in [-0.4, -0.2) is 36.2 Å². The Morgan fingerprint density at radius 2 is 1.88 bits per heavy atom. The van der Waals surface area contributed by atoms with Crippen LogP contribution in [0, 0.1) is 19.7 Å². The standard InChI is InChI=1S/C16H20FN3O3S2/c1-10(2)20(25(22,23)14-7-5-13(17)6-8-14)9-15(21)19-16-18-11(3)12(4)24-16/h5-8,10H,9H2,1-4H3,(H,18,19,21). The molecule has 0 radical (unpaired) electrons. The van der Waals surface area contributed by atoms with Gasteiger partial charge in [-0.3, -0.25) is 4.79 Å². The average Bonchev–Trinajstić information content (AvgIpc) is 2.82. The quantitative estimate of drug-likeness (QED) is 0.829. The number of nitrogens with zero attached hydrogens (tertiary/aromatic N) is 2. The summed E-state index contributed by atoms with van der Waals surface area (Å²) in [7, 11) is -3.92. The van der Waals surface area contributed by atoms with Crippen LogP contribution in [0.25, 0.3) is 0 Å². The molecule has 1 N–H and O–H groups in total. The Labute approximate surface area is 150 Å². The maximum Gasteiger partial charge on any atom is 0.243 e. The smallest absolute Gasteiger partial charge is 0.243 e. The van der Waals surface area contributed by atoms with Crippen LogP contribution in [0.4, 0.5) is 9.52 Å². The number of thiazole rings is 1. The first-order chi connectivity index (χ1) is 11.6. The van der Waals surface area contributed by atoms with Gasteiger partial charge in [-0.2, -0.15) is 4.31 Å². The van der Waals surface area contributed by atoms with E-state index < -0.39 is 27.8 Å². The number of carbonyl (C=O) groups excluding carboxylic acids is 1. The zero-order chi connectivity index (χ0) is 18.8. The number of benzene rings is 1. The van der Waals surface area contributed by atoms with Crippen LogP contribution in [-0.2, 0) is 14.8 Å². The fourth-order valence-corrected chi connectivity index (χ4v) is 4.54. The Kier molecular flexibility index (Phi) is 5.91. The van der Waals surface area contributed by atoms with E-state index in [2.05, 4.69) is 10.3 Å². The van der Waals surface area contributed by atoms with Gasteiger partial charge in [-0.25, -0.2) is 17.8 Å². The number of amides is 1. The number of aromatic nitrogens is 1. The van der Waals surface area contributed by atoms with E-state index in [9.17, 15) is 17.6 Å². The first-order valence-corrected chi connectivity index (χ1v) is 9.88. The molecule has 0 bridgehead atoms. The molecule has 2 rings (SSSR count). The molecular weight excluding hydrogens is 365 g/mol. The third-order valence-electron chi connectivity index (χ3n) is 3.57. The summed E-state index contributed by atoms with van der Waals surface area (Å²) in [6.45, 7) is 6.72. The molecule has 1 aromatic carbocycles. The summed E-state index contributed by atoms with van der Waals surface area (Å²) in [5.74, 6) is -1.00. The lowest BCUT2D eigenvalue weighted by Gasteiger charge is -2.25. The van der Waals surface area contributed by atoms with Gasteiger partial charge in [0, 0.05) is 10.9 Å². The van der Waals surface area contributed by atoms with Crippen LogP contribution in [0.15, 0.2) is 29.2 Å². The van der Waals surface area contributed by atoms with E-state index in [0.29, 0.717) is 5.13 Å². The molecule has 0 aliphatic carbocycles. The van der Waals surface area contributed by atoms with Crippen molar-refractivity contribution in [2.24, 2.45) is 0 Å². The van der Waals surface area contributed by atoms with Crippen LogP contribution in [0.1, 0.15) is 24.4 Å². The number of anilines is 1. The second-order valence-electron chi connectivity index (χ2n) is 5.81. The zero-order valence-corrected chi connectivity index (χ0v) is 16.0. The Morgan fingerprint density at radius 3 is 2.36 bits per heavy atom. The minimum atomic E-state index is -3.92. The lowest BCUT2D eigenvalue weighted by Crippen LogP contribution is -2.42. The summed E-state index contributed by atoms with van der Waals surface area (Å²) >= 11 is 1.33.